The van der Waals surface area contributed by atoms with Gasteiger partial charge in [-0.3, -0.25) is 0 Å². The van der Waals surface area contributed by atoms with Crippen molar-refractivity contribution in [1.29, 1.82) is 0 Å². The Kier molecular flexibility index (Phi) is 4.66. The summed E-state index contributed by atoms with van der Waals surface area (Å²) in [5, 5.41) is 0. The lowest BCUT2D eigenvalue weighted by atomic mass is 10.1. The maximum Gasteiger partial charge on any atom is 0.335 e. The van der Waals surface area contributed by atoms with Crippen molar-refractivity contribution in [2.75, 3.05) is 13.4 Å². The highest BCUT2D eigenvalue weighted by Gasteiger charge is 2.14. The van der Waals surface area contributed by atoms with Crippen LogP contribution in [-0.4, -0.2) is 19.4 Å². The largest absolute Gasteiger partial charge is 0.435 e. The molecule has 1 rings (SSSR count). The number of hydrogen-bond donors (Lipinski definition) is 0. The Bertz CT molecular complexity index is 205. The molecule has 80 valence electrons. The van der Waals surface area contributed by atoms with Gasteiger partial charge in [0.2, 0.25) is 0 Å². The summed E-state index contributed by atoms with van der Waals surface area (Å²) < 4.78 is 10.1. The van der Waals surface area contributed by atoms with Gasteiger partial charge in [0.1, 0.15) is 0 Å². The van der Waals surface area contributed by atoms with Crippen LogP contribution in [0.4, 0.5) is 0 Å². The SMILES string of the molecule is C=C(C)C(=O)OCOCC1CCCC1. The summed E-state index contributed by atoms with van der Waals surface area (Å²) in [7, 11) is 0. The molecule has 1 aliphatic carbocycles. The quantitative estimate of drug-likeness (QED) is 0.294. The van der Waals surface area contributed by atoms with E-state index in [0.717, 1.165) is 0 Å². The van der Waals surface area contributed by atoms with Crippen molar-refractivity contribution in [3.8, 4) is 0 Å². The van der Waals surface area contributed by atoms with Crippen LogP contribution < -0.4 is 0 Å². The van der Waals surface area contributed by atoms with Gasteiger partial charge >= 0.3 is 5.97 Å². The van der Waals surface area contributed by atoms with Crippen LogP contribution in [0.15, 0.2) is 12.2 Å². The molecular formula is C11H18O3. The predicted octanol–water partition coefficient (Wildman–Crippen LogP) is 2.27. The first-order valence-electron chi connectivity index (χ1n) is 5.10. The van der Waals surface area contributed by atoms with Gasteiger partial charge in [0, 0.05) is 5.57 Å². The molecule has 1 saturated carbocycles. The molecule has 1 fully saturated rings. The zero-order valence-electron chi connectivity index (χ0n) is 8.75. The normalized spacial score (nSPS) is 16.9. The molecule has 0 radical (unpaired) electrons. The highest BCUT2D eigenvalue weighted by atomic mass is 16.7. The lowest BCUT2D eigenvalue weighted by Gasteiger charge is -2.09. The molecule has 0 aromatic carbocycles. The van der Waals surface area contributed by atoms with Crippen molar-refractivity contribution in [3.05, 3.63) is 12.2 Å². The lowest BCUT2D eigenvalue weighted by Crippen LogP contribution is -2.12. The molecule has 0 spiro atoms. The molecule has 0 unspecified atom stereocenters. The maximum atomic E-state index is 10.9. The van der Waals surface area contributed by atoms with E-state index in [9.17, 15) is 4.79 Å². The minimum Gasteiger partial charge on any atom is -0.435 e. The van der Waals surface area contributed by atoms with Crippen LogP contribution in [0.3, 0.4) is 0 Å². The van der Waals surface area contributed by atoms with Crippen LogP contribution in [0, 0.1) is 5.92 Å². The predicted molar refractivity (Wildman–Crippen MR) is 53.7 cm³/mol. The van der Waals surface area contributed by atoms with E-state index in [1.54, 1.807) is 6.92 Å². The standard InChI is InChI=1S/C11H18O3/c1-9(2)11(12)14-8-13-7-10-5-3-4-6-10/h10H,1,3-8H2,2H3. The molecule has 0 atom stereocenters. The fourth-order valence-electron chi connectivity index (χ4n) is 1.61. The van der Waals surface area contributed by atoms with Crippen LogP contribution in [0.1, 0.15) is 32.6 Å². The van der Waals surface area contributed by atoms with Crippen LogP contribution in [0.5, 0.6) is 0 Å². The van der Waals surface area contributed by atoms with Crippen molar-refractivity contribution in [1.82, 2.24) is 0 Å². The van der Waals surface area contributed by atoms with Gasteiger partial charge in [0.05, 0.1) is 6.61 Å². The third-order valence-electron chi connectivity index (χ3n) is 2.45. The fourth-order valence-corrected chi connectivity index (χ4v) is 1.61. The van der Waals surface area contributed by atoms with E-state index >= 15 is 0 Å². The van der Waals surface area contributed by atoms with Gasteiger partial charge in [-0.25, -0.2) is 4.79 Å². The van der Waals surface area contributed by atoms with E-state index in [2.05, 4.69) is 6.58 Å². The van der Waals surface area contributed by atoms with Gasteiger partial charge in [-0.05, 0) is 25.7 Å². The Balaban J connectivity index is 1.98. The van der Waals surface area contributed by atoms with E-state index in [-0.39, 0.29) is 12.8 Å². The molecule has 0 aromatic heterocycles. The van der Waals surface area contributed by atoms with Gasteiger partial charge in [0.15, 0.2) is 6.79 Å². The Morgan fingerprint density at radius 2 is 2.07 bits per heavy atom. The average molecular weight is 198 g/mol. The Morgan fingerprint density at radius 3 is 2.64 bits per heavy atom. The van der Waals surface area contributed by atoms with Crippen LogP contribution in [0.2, 0.25) is 0 Å². The first kappa shape index (κ1) is 11.2. The second-order valence-electron chi connectivity index (χ2n) is 3.85. The molecule has 0 aliphatic heterocycles. The van der Waals surface area contributed by atoms with Crippen molar-refractivity contribution in [3.63, 3.8) is 0 Å². The number of rotatable bonds is 5. The second-order valence-corrected chi connectivity index (χ2v) is 3.85. The minimum absolute atomic E-state index is 0.0577. The Morgan fingerprint density at radius 1 is 1.43 bits per heavy atom. The van der Waals surface area contributed by atoms with E-state index in [0.29, 0.717) is 18.1 Å². The molecule has 0 heterocycles. The second kappa shape index (κ2) is 5.81. The molecule has 0 bridgehead atoms. The van der Waals surface area contributed by atoms with Gasteiger partial charge in [-0.1, -0.05) is 19.4 Å². The van der Waals surface area contributed by atoms with E-state index in [1.807, 2.05) is 0 Å². The third-order valence-corrected chi connectivity index (χ3v) is 2.45. The summed E-state index contributed by atoms with van der Waals surface area (Å²) in [5.74, 6) is 0.287. The zero-order valence-corrected chi connectivity index (χ0v) is 8.75. The fraction of sp³-hybridized carbons (Fsp3) is 0.727. The molecule has 0 aromatic rings. The number of hydrogen-bond acceptors (Lipinski definition) is 3. The molecule has 1 aliphatic rings. The molecule has 14 heavy (non-hydrogen) atoms. The van der Waals surface area contributed by atoms with Gasteiger partial charge in [-0.2, -0.15) is 0 Å². The summed E-state index contributed by atoms with van der Waals surface area (Å²) in [4.78, 5) is 10.9. The maximum absolute atomic E-state index is 10.9. The lowest BCUT2D eigenvalue weighted by molar-refractivity contribution is -0.152. The monoisotopic (exact) mass is 198 g/mol. The van der Waals surface area contributed by atoms with Crippen LogP contribution >= 0.6 is 0 Å². The first-order valence-corrected chi connectivity index (χ1v) is 5.10. The van der Waals surface area contributed by atoms with Crippen LogP contribution in [-0.2, 0) is 14.3 Å². The number of ether oxygens (including phenoxy) is 2. The van der Waals surface area contributed by atoms with E-state index < -0.39 is 0 Å². The van der Waals surface area contributed by atoms with E-state index in [4.69, 9.17) is 9.47 Å². The number of carbonyl (C=O) groups is 1. The molecule has 0 N–H and O–H groups in total. The average Bonchev–Trinajstić information content (AvgIpc) is 2.64. The van der Waals surface area contributed by atoms with Crippen molar-refractivity contribution in [2.24, 2.45) is 5.92 Å². The smallest absolute Gasteiger partial charge is 0.335 e. The third kappa shape index (κ3) is 3.92. The molecule has 3 nitrogen and oxygen atoms in total. The summed E-state index contributed by atoms with van der Waals surface area (Å²) in [6.45, 7) is 5.87. The Labute approximate surface area is 85.1 Å². The summed E-state index contributed by atoms with van der Waals surface area (Å²) in [6, 6.07) is 0. The topological polar surface area (TPSA) is 35.5 Å². The molecule has 0 saturated heterocycles. The summed E-state index contributed by atoms with van der Waals surface area (Å²) in [5.41, 5.74) is 0.412. The van der Waals surface area contributed by atoms with E-state index in [1.165, 1.54) is 25.7 Å². The first-order chi connectivity index (χ1) is 6.70. The van der Waals surface area contributed by atoms with Crippen LogP contribution in [0.25, 0.3) is 0 Å². The molecular weight excluding hydrogens is 180 g/mol. The number of esters is 1. The summed E-state index contributed by atoms with van der Waals surface area (Å²) in [6.07, 6.45) is 5.10. The highest BCUT2D eigenvalue weighted by Crippen LogP contribution is 2.24. The minimum atomic E-state index is -0.378. The van der Waals surface area contributed by atoms with Gasteiger partial charge in [-0.15, -0.1) is 0 Å². The molecule has 0 amide bonds. The van der Waals surface area contributed by atoms with Crippen molar-refractivity contribution >= 4 is 5.97 Å². The van der Waals surface area contributed by atoms with Crippen molar-refractivity contribution < 1.29 is 14.3 Å². The van der Waals surface area contributed by atoms with Crippen molar-refractivity contribution in [2.45, 2.75) is 32.6 Å². The zero-order chi connectivity index (χ0) is 10.4. The molecule has 3 heteroatoms. The highest BCUT2D eigenvalue weighted by molar-refractivity contribution is 5.86. The Hall–Kier alpha value is -0.830. The van der Waals surface area contributed by atoms with Gasteiger partial charge < -0.3 is 9.47 Å². The summed E-state index contributed by atoms with van der Waals surface area (Å²) >= 11 is 0. The number of carbonyl (C=O) groups excluding carboxylic acids is 1. The van der Waals surface area contributed by atoms with Gasteiger partial charge in [0.25, 0.3) is 0 Å².